The van der Waals surface area contributed by atoms with E-state index < -0.39 is 24.3 Å². The van der Waals surface area contributed by atoms with Gasteiger partial charge in [0.1, 0.15) is 23.7 Å². The lowest BCUT2D eigenvalue weighted by atomic mass is 9.95. The first-order chi connectivity index (χ1) is 28.0. The lowest BCUT2D eigenvalue weighted by molar-refractivity contribution is -0.139. The third kappa shape index (κ3) is 7.38. The van der Waals surface area contributed by atoms with Crippen LogP contribution in [0.4, 0.5) is 9.59 Å². The average molecular weight is 787 g/mol. The number of piperidine rings is 1. The Morgan fingerprint density at radius 3 is 2.03 bits per heavy atom. The van der Waals surface area contributed by atoms with Gasteiger partial charge < -0.3 is 39.9 Å². The summed E-state index contributed by atoms with van der Waals surface area (Å²) in [6, 6.07) is 19.5. The van der Waals surface area contributed by atoms with Crippen LogP contribution in [0, 0.1) is 11.8 Å². The molecule has 14 nitrogen and oxygen atoms in total. The molecular weight excluding hydrogens is 737 g/mol. The highest BCUT2D eigenvalue weighted by molar-refractivity contribution is 5.91. The number of H-pyrrole nitrogens is 2. The lowest BCUT2D eigenvalue weighted by Gasteiger charge is -2.37. The zero-order valence-electron chi connectivity index (χ0n) is 33.5. The number of amides is 4. The summed E-state index contributed by atoms with van der Waals surface area (Å²) in [6.07, 6.45) is 6.98. The number of imidazole rings is 2. The molecule has 5 aromatic rings. The van der Waals surface area contributed by atoms with Crippen molar-refractivity contribution >= 4 is 34.8 Å². The van der Waals surface area contributed by atoms with E-state index in [-0.39, 0.29) is 35.9 Å². The first-order valence-corrected chi connectivity index (χ1v) is 20.1. The number of benzene rings is 3. The molecule has 3 aliphatic rings. The van der Waals surface area contributed by atoms with Crippen molar-refractivity contribution in [1.82, 2.24) is 40.4 Å². The maximum Gasteiger partial charge on any atom is 0.407 e. The lowest BCUT2D eigenvalue weighted by Crippen LogP contribution is -2.54. The number of hydrogen-bond donors (Lipinski definition) is 4. The monoisotopic (exact) mass is 786 g/mol. The van der Waals surface area contributed by atoms with Gasteiger partial charge in [-0.2, -0.15) is 0 Å². The molecule has 1 saturated carbocycles. The van der Waals surface area contributed by atoms with Gasteiger partial charge in [0.05, 0.1) is 50.1 Å². The van der Waals surface area contributed by atoms with Crippen LogP contribution in [0.3, 0.4) is 0 Å². The summed E-state index contributed by atoms with van der Waals surface area (Å²) in [4.78, 5) is 71.1. The summed E-state index contributed by atoms with van der Waals surface area (Å²) in [5, 5.41) is 7.53. The van der Waals surface area contributed by atoms with E-state index in [1.54, 1.807) is 18.0 Å². The van der Waals surface area contributed by atoms with Gasteiger partial charge in [0.2, 0.25) is 11.8 Å². The molecule has 4 N–H and O–H groups in total. The highest BCUT2D eigenvalue weighted by Crippen LogP contribution is 2.50. The number of ether oxygens (including phenoxy) is 2. The summed E-state index contributed by atoms with van der Waals surface area (Å²) >= 11 is 0. The Bertz CT molecular complexity index is 2340. The highest BCUT2D eigenvalue weighted by atomic mass is 16.5. The molecule has 1 unspecified atom stereocenters. The fourth-order valence-corrected chi connectivity index (χ4v) is 9.10. The van der Waals surface area contributed by atoms with Crippen molar-refractivity contribution < 1.29 is 28.7 Å². The molecule has 14 heteroatoms. The summed E-state index contributed by atoms with van der Waals surface area (Å²) in [6.45, 7) is 6.11. The Hall–Kier alpha value is -6.18. The zero-order chi connectivity index (χ0) is 40.7. The van der Waals surface area contributed by atoms with Gasteiger partial charge >= 0.3 is 12.2 Å². The molecule has 6 atom stereocenters. The molecule has 3 aromatic carbocycles. The molecule has 0 spiro atoms. The minimum atomic E-state index is -0.705. The predicted octanol–water partition coefficient (Wildman–Crippen LogP) is 7.13. The second-order valence-electron chi connectivity index (χ2n) is 16.0. The van der Waals surface area contributed by atoms with Gasteiger partial charge in [0.25, 0.3) is 0 Å². The number of rotatable bonds is 10. The van der Waals surface area contributed by atoms with Gasteiger partial charge in [-0.05, 0) is 90.5 Å². The number of fused-ring (bicyclic) bond motifs is 3. The maximum absolute atomic E-state index is 14.0. The average Bonchev–Trinajstić information content (AvgIpc) is 4.10. The number of alkyl carbamates (subject to hydrolysis) is 2. The van der Waals surface area contributed by atoms with Crippen molar-refractivity contribution in [1.29, 1.82) is 0 Å². The third-order valence-electron chi connectivity index (χ3n) is 12.1. The van der Waals surface area contributed by atoms with Crippen molar-refractivity contribution in [3.63, 3.8) is 0 Å². The smallest absolute Gasteiger partial charge is 0.407 e. The van der Waals surface area contributed by atoms with Crippen LogP contribution in [0.1, 0.15) is 76.6 Å². The molecule has 4 amide bonds. The van der Waals surface area contributed by atoms with Gasteiger partial charge in [0.15, 0.2) is 0 Å². The summed E-state index contributed by atoms with van der Waals surface area (Å²) in [7, 11) is 2.58. The van der Waals surface area contributed by atoms with Crippen LogP contribution in [-0.4, -0.2) is 92.6 Å². The van der Waals surface area contributed by atoms with E-state index in [2.05, 4.69) is 91.0 Å². The molecule has 2 saturated heterocycles. The van der Waals surface area contributed by atoms with Crippen LogP contribution in [0.15, 0.2) is 73.1 Å². The van der Waals surface area contributed by atoms with Gasteiger partial charge in [-0.15, -0.1) is 0 Å². The Morgan fingerprint density at radius 2 is 1.33 bits per heavy atom. The van der Waals surface area contributed by atoms with Crippen molar-refractivity contribution in [2.45, 2.75) is 83.1 Å². The number of carbonyl (C=O) groups is 4. The van der Waals surface area contributed by atoms with Crippen LogP contribution >= 0.6 is 0 Å². The topological polar surface area (TPSA) is 175 Å². The van der Waals surface area contributed by atoms with Crippen LogP contribution in [0.25, 0.3) is 44.4 Å². The standard InChI is InChI=1S/C44H50N8O6/c1-24(2)37(50-44(56)58-5)42(54)52-33-17-16-32(21-33)38(52)40-46-23-35(49-40)31-15-14-29-19-28(12-13-30(29)20-31)26-8-10-27(11-9-26)34-22-45-39(48-34)36-7-6-18-51(36)41(53)25(3)47-43(55)57-4/h8-15,19-20,22-25,32-33,36-38H,6-7,16-18,21H2,1-5H3,(H,45,48)(H,46,49)(H,47,55)(H,50,56)/t25-,32-,33+,36-,37?,38-/m0/s1. The molecule has 8 rings (SSSR count). The maximum atomic E-state index is 14.0. The highest BCUT2D eigenvalue weighted by Gasteiger charge is 2.51. The third-order valence-corrected chi connectivity index (χ3v) is 12.1. The number of nitrogens with one attached hydrogen (secondary N) is 4. The Morgan fingerprint density at radius 1 is 0.724 bits per heavy atom. The molecule has 302 valence electrons. The normalized spacial score (nSPS) is 21.0. The van der Waals surface area contributed by atoms with Crippen LogP contribution in [0.2, 0.25) is 0 Å². The number of carbonyl (C=O) groups excluding carboxylic acids is 4. The van der Waals surface area contributed by atoms with Crippen LogP contribution < -0.4 is 10.6 Å². The number of aromatic nitrogens is 4. The van der Waals surface area contributed by atoms with Gasteiger partial charge in [-0.25, -0.2) is 19.6 Å². The van der Waals surface area contributed by atoms with Crippen molar-refractivity contribution in [2.24, 2.45) is 11.8 Å². The first-order valence-electron chi connectivity index (χ1n) is 20.1. The zero-order valence-corrected chi connectivity index (χ0v) is 33.5. The Kier molecular flexibility index (Phi) is 10.7. The molecule has 58 heavy (non-hydrogen) atoms. The SMILES string of the molecule is COC(=O)NC(C(=O)N1[C@@H]2CC[C@@H](C2)[C@H]1c1ncc(-c2ccc3cc(-c4ccc(-c5cnc([C@@H]6CCCN6C(=O)[C@H](C)NC(=O)OC)[nH]5)cc4)ccc3c2)[nH]1)C(C)C. The fourth-order valence-electron chi connectivity index (χ4n) is 9.10. The van der Waals surface area contributed by atoms with E-state index in [4.69, 9.17) is 9.72 Å². The van der Waals surface area contributed by atoms with E-state index in [0.717, 1.165) is 88.2 Å². The molecule has 2 aliphatic heterocycles. The first kappa shape index (κ1) is 38.7. The van der Waals surface area contributed by atoms with Crippen LogP contribution in [0.5, 0.6) is 0 Å². The fraction of sp³-hybridized carbons (Fsp3) is 0.409. The van der Waals surface area contributed by atoms with Crippen molar-refractivity contribution in [2.75, 3.05) is 20.8 Å². The molecule has 2 aromatic heterocycles. The molecule has 4 heterocycles. The quantitative estimate of drug-likeness (QED) is 0.116. The minimum absolute atomic E-state index is 0.0918. The second-order valence-corrected chi connectivity index (χ2v) is 16.0. The van der Waals surface area contributed by atoms with Crippen molar-refractivity contribution in [3.05, 3.63) is 84.7 Å². The Balaban J connectivity index is 0.954. The molecular formula is C44H50N8O6. The predicted molar refractivity (Wildman–Crippen MR) is 218 cm³/mol. The minimum Gasteiger partial charge on any atom is -0.453 e. The van der Waals surface area contributed by atoms with Gasteiger partial charge in [-0.3, -0.25) is 9.59 Å². The summed E-state index contributed by atoms with van der Waals surface area (Å²) in [5.74, 6) is 1.45. The number of hydrogen-bond acceptors (Lipinski definition) is 8. The van der Waals surface area contributed by atoms with Crippen molar-refractivity contribution in [3.8, 4) is 33.6 Å². The molecule has 3 fully saturated rings. The number of methoxy groups -OCH3 is 2. The molecule has 1 aliphatic carbocycles. The number of nitrogens with zero attached hydrogens (tertiary/aromatic N) is 4. The molecule has 2 bridgehead atoms. The summed E-state index contributed by atoms with van der Waals surface area (Å²) < 4.78 is 9.48. The largest absolute Gasteiger partial charge is 0.453 e. The Labute approximate surface area is 337 Å². The number of likely N-dealkylation sites (tertiary alicyclic amines) is 2. The van der Waals surface area contributed by atoms with E-state index in [0.29, 0.717) is 12.5 Å². The van der Waals surface area contributed by atoms with Crippen LogP contribution in [-0.2, 0) is 19.1 Å². The second kappa shape index (κ2) is 16.0. The molecule has 0 radical (unpaired) electrons. The van der Waals surface area contributed by atoms with E-state index in [1.807, 2.05) is 24.9 Å². The van der Waals surface area contributed by atoms with E-state index >= 15 is 0 Å². The van der Waals surface area contributed by atoms with E-state index in [9.17, 15) is 19.2 Å². The number of aromatic amines is 2. The van der Waals surface area contributed by atoms with Gasteiger partial charge in [0, 0.05) is 18.2 Å². The summed E-state index contributed by atoms with van der Waals surface area (Å²) in [5.41, 5.74) is 5.92. The van der Waals surface area contributed by atoms with Gasteiger partial charge in [-0.1, -0.05) is 62.4 Å². The van der Waals surface area contributed by atoms with E-state index in [1.165, 1.54) is 14.2 Å².